The Bertz CT molecular complexity index is 1190. The number of rotatable bonds is 3. The third-order valence-electron chi connectivity index (χ3n) is 5.75. The average Bonchev–Trinajstić information content (AvgIpc) is 2.79. The molecule has 8 heteroatoms. The molecule has 0 spiro atoms. The standard InChI is InChI=1S/C23H24N4O4/c1-16-5-4-8-21-24-17(13-22(28)27(16)21)14-26-15-20(23(29)25-9-11-30-12-10-25)31-19-7-3-2-6-18(19)26/h2-8,13,20H,9-12,14-15H2,1H3/t20-/m0/s1. The number of nitrogens with zero attached hydrogens (tertiary/aromatic N) is 4. The van der Waals surface area contributed by atoms with Crippen LogP contribution in [0.4, 0.5) is 5.69 Å². The van der Waals surface area contributed by atoms with Gasteiger partial charge in [0.1, 0.15) is 11.4 Å². The molecule has 1 aromatic carbocycles. The molecule has 0 saturated carbocycles. The number of fused-ring (bicyclic) bond motifs is 2. The van der Waals surface area contributed by atoms with Crippen LogP contribution in [0.2, 0.25) is 0 Å². The molecule has 0 radical (unpaired) electrons. The van der Waals surface area contributed by atoms with Crippen molar-refractivity contribution in [1.82, 2.24) is 14.3 Å². The van der Waals surface area contributed by atoms with Crippen molar-refractivity contribution in [1.29, 1.82) is 0 Å². The van der Waals surface area contributed by atoms with E-state index in [1.54, 1.807) is 15.4 Å². The molecule has 4 heterocycles. The number of aryl methyl sites for hydroxylation is 1. The van der Waals surface area contributed by atoms with Crippen LogP contribution in [0.15, 0.2) is 53.3 Å². The van der Waals surface area contributed by atoms with E-state index in [9.17, 15) is 9.59 Å². The van der Waals surface area contributed by atoms with Crippen molar-refractivity contribution in [2.75, 3.05) is 37.7 Å². The number of pyridine rings is 1. The first-order valence-electron chi connectivity index (χ1n) is 10.5. The zero-order chi connectivity index (χ0) is 21.4. The van der Waals surface area contributed by atoms with Crippen LogP contribution in [0.1, 0.15) is 11.4 Å². The van der Waals surface area contributed by atoms with E-state index in [2.05, 4.69) is 4.90 Å². The average molecular weight is 420 g/mol. The van der Waals surface area contributed by atoms with Crippen LogP contribution >= 0.6 is 0 Å². The van der Waals surface area contributed by atoms with E-state index < -0.39 is 6.10 Å². The van der Waals surface area contributed by atoms with Crippen molar-refractivity contribution in [3.8, 4) is 5.75 Å². The lowest BCUT2D eigenvalue weighted by Gasteiger charge is -2.38. The van der Waals surface area contributed by atoms with Gasteiger partial charge in [-0.05, 0) is 31.2 Å². The molecule has 2 aliphatic heterocycles. The highest BCUT2D eigenvalue weighted by atomic mass is 16.5. The van der Waals surface area contributed by atoms with Crippen LogP contribution in [0.3, 0.4) is 0 Å². The van der Waals surface area contributed by atoms with Gasteiger partial charge >= 0.3 is 0 Å². The highest BCUT2D eigenvalue weighted by molar-refractivity contribution is 5.83. The lowest BCUT2D eigenvalue weighted by Crippen LogP contribution is -2.52. The molecule has 0 unspecified atom stereocenters. The molecule has 160 valence electrons. The lowest BCUT2D eigenvalue weighted by atomic mass is 10.1. The van der Waals surface area contributed by atoms with E-state index in [0.29, 0.717) is 56.5 Å². The summed E-state index contributed by atoms with van der Waals surface area (Å²) in [6, 6.07) is 14.8. The molecule has 1 fully saturated rings. The minimum atomic E-state index is -0.614. The second-order valence-electron chi connectivity index (χ2n) is 7.84. The van der Waals surface area contributed by atoms with E-state index in [1.165, 1.54) is 0 Å². The fourth-order valence-corrected chi connectivity index (χ4v) is 4.21. The molecule has 8 nitrogen and oxygen atoms in total. The quantitative estimate of drug-likeness (QED) is 0.641. The van der Waals surface area contributed by atoms with E-state index in [0.717, 1.165) is 11.4 Å². The number of anilines is 1. The molecule has 31 heavy (non-hydrogen) atoms. The van der Waals surface area contributed by atoms with Crippen molar-refractivity contribution in [2.24, 2.45) is 0 Å². The minimum absolute atomic E-state index is 0.0371. The Hall–Kier alpha value is -3.39. The van der Waals surface area contributed by atoms with Gasteiger partial charge in [0.15, 0.2) is 6.10 Å². The summed E-state index contributed by atoms with van der Waals surface area (Å²) in [7, 11) is 0. The normalized spacial score (nSPS) is 18.5. The number of para-hydroxylation sites is 2. The Morgan fingerprint density at radius 2 is 1.94 bits per heavy atom. The second kappa shape index (κ2) is 8.03. The maximum atomic E-state index is 13.1. The minimum Gasteiger partial charge on any atom is -0.477 e. The predicted octanol–water partition coefficient (Wildman–Crippen LogP) is 1.63. The summed E-state index contributed by atoms with van der Waals surface area (Å²) >= 11 is 0. The summed E-state index contributed by atoms with van der Waals surface area (Å²) in [5.41, 5.74) is 2.89. The second-order valence-corrected chi connectivity index (χ2v) is 7.84. The van der Waals surface area contributed by atoms with Crippen molar-refractivity contribution < 1.29 is 14.3 Å². The van der Waals surface area contributed by atoms with Gasteiger partial charge in [-0.25, -0.2) is 4.98 Å². The highest BCUT2D eigenvalue weighted by Crippen LogP contribution is 2.34. The van der Waals surface area contributed by atoms with Crippen molar-refractivity contribution in [2.45, 2.75) is 19.6 Å². The maximum Gasteiger partial charge on any atom is 0.265 e. The summed E-state index contributed by atoms with van der Waals surface area (Å²) in [6.45, 7) is 4.92. The maximum absolute atomic E-state index is 13.1. The molecule has 0 aliphatic carbocycles. The fourth-order valence-electron chi connectivity index (χ4n) is 4.21. The molecule has 2 aromatic heterocycles. The van der Waals surface area contributed by atoms with Gasteiger partial charge in [0.25, 0.3) is 11.5 Å². The van der Waals surface area contributed by atoms with E-state index in [4.69, 9.17) is 14.5 Å². The Kier molecular flexibility index (Phi) is 5.07. The summed E-state index contributed by atoms with van der Waals surface area (Å²) < 4.78 is 13.0. The van der Waals surface area contributed by atoms with Gasteiger partial charge in [-0.15, -0.1) is 0 Å². The van der Waals surface area contributed by atoms with Crippen LogP contribution in [0.5, 0.6) is 5.75 Å². The third-order valence-corrected chi connectivity index (χ3v) is 5.75. The van der Waals surface area contributed by atoms with E-state index in [-0.39, 0.29) is 11.5 Å². The van der Waals surface area contributed by atoms with Gasteiger partial charge in [-0.1, -0.05) is 18.2 Å². The third kappa shape index (κ3) is 3.74. The number of hydrogen-bond donors (Lipinski definition) is 0. The fraction of sp³-hybridized carbons (Fsp3) is 0.348. The molecule has 5 rings (SSSR count). The monoisotopic (exact) mass is 420 g/mol. The van der Waals surface area contributed by atoms with Gasteiger partial charge in [0, 0.05) is 24.8 Å². The number of amides is 1. The summed E-state index contributed by atoms with van der Waals surface area (Å²) in [5, 5.41) is 0. The van der Waals surface area contributed by atoms with Crippen molar-refractivity contribution in [3.05, 3.63) is 70.3 Å². The number of hydrogen-bond acceptors (Lipinski definition) is 6. The highest BCUT2D eigenvalue weighted by Gasteiger charge is 2.34. The van der Waals surface area contributed by atoms with E-state index in [1.807, 2.05) is 49.4 Å². The molecule has 1 amide bonds. The lowest BCUT2D eigenvalue weighted by molar-refractivity contribution is -0.142. The first kappa shape index (κ1) is 19.6. The van der Waals surface area contributed by atoms with Gasteiger partial charge in [0.05, 0.1) is 37.7 Å². The zero-order valence-electron chi connectivity index (χ0n) is 17.4. The Balaban J connectivity index is 1.45. The van der Waals surface area contributed by atoms with Gasteiger partial charge in [-0.2, -0.15) is 0 Å². The zero-order valence-corrected chi connectivity index (χ0v) is 17.4. The van der Waals surface area contributed by atoms with Crippen molar-refractivity contribution in [3.63, 3.8) is 0 Å². The Morgan fingerprint density at radius 1 is 1.13 bits per heavy atom. The number of carbonyl (C=O) groups is 1. The van der Waals surface area contributed by atoms with Gasteiger partial charge in [-0.3, -0.25) is 14.0 Å². The number of benzene rings is 1. The molecular weight excluding hydrogens is 396 g/mol. The molecule has 1 atom stereocenters. The molecular formula is C23H24N4O4. The number of aromatic nitrogens is 2. The van der Waals surface area contributed by atoms with Crippen LogP contribution in [-0.4, -0.2) is 59.1 Å². The molecule has 2 aliphatic rings. The van der Waals surface area contributed by atoms with Crippen LogP contribution in [0, 0.1) is 6.92 Å². The first-order chi connectivity index (χ1) is 15.1. The summed E-state index contributed by atoms with van der Waals surface area (Å²) in [4.78, 5) is 34.3. The largest absolute Gasteiger partial charge is 0.477 e. The predicted molar refractivity (Wildman–Crippen MR) is 116 cm³/mol. The van der Waals surface area contributed by atoms with Crippen LogP contribution in [-0.2, 0) is 16.1 Å². The summed E-state index contributed by atoms with van der Waals surface area (Å²) in [6.07, 6.45) is -0.614. The molecule has 0 bridgehead atoms. The van der Waals surface area contributed by atoms with Crippen LogP contribution < -0.4 is 15.2 Å². The summed E-state index contributed by atoms with van der Waals surface area (Å²) in [5.74, 6) is 0.624. The van der Waals surface area contributed by atoms with Gasteiger partial charge < -0.3 is 19.3 Å². The smallest absolute Gasteiger partial charge is 0.265 e. The van der Waals surface area contributed by atoms with Crippen LogP contribution in [0.25, 0.3) is 5.65 Å². The van der Waals surface area contributed by atoms with E-state index >= 15 is 0 Å². The van der Waals surface area contributed by atoms with Crippen molar-refractivity contribution >= 4 is 17.2 Å². The van der Waals surface area contributed by atoms with Gasteiger partial charge in [0.2, 0.25) is 0 Å². The molecule has 1 saturated heterocycles. The Morgan fingerprint density at radius 3 is 2.77 bits per heavy atom. The number of ether oxygens (including phenoxy) is 2. The SMILES string of the molecule is Cc1cccc2nc(CN3C[C@@H](C(=O)N4CCOCC4)Oc4ccccc43)cc(=O)n12. The number of morpholine rings is 1. The first-order valence-corrected chi connectivity index (χ1v) is 10.5. The Labute approximate surface area is 179 Å². The topological polar surface area (TPSA) is 76.4 Å². The molecule has 3 aromatic rings. The number of carbonyl (C=O) groups excluding carboxylic acids is 1. The molecule has 0 N–H and O–H groups in total.